The summed E-state index contributed by atoms with van der Waals surface area (Å²) in [4.78, 5) is 11.9. The van der Waals surface area contributed by atoms with Crippen molar-refractivity contribution in [2.24, 2.45) is 5.10 Å². The highest BCUT2D eigenvalue weighted by Gasteiger charge is 2.29. The fourth-order valence-electron chi connectivity index (χ4n) is 2.12. The average molecular weight is 267 g/mol. The Morgan fingerprint density at radius 2 is 2.10 bits per heavy atom. The summed E-state index contributed by atoms with van der Waals surface area (Å²) in [5.41, 5.74) is 4.29. The number of carbonyl (C=O) groups excluding carboxylic acids is 1. The van der Waals surface area contributed by atoms with Gasteiger partial charge in [-0.1, -0.05) is 0 Å². The molecule has 100 valence electrons. The molecule has 6 nitrogen and oxygen atoms in total. The molecule has 0 unspecified atom stereocenters. The smallest absolute Gasteiger partial charge is 0.251 e. The predicted molar refractivity (Wildman–Crippen MR) is 74.0 cm³/mol. The summed E-state index contributed by atoms with van der Waals surface area (Å²) in [7, 11) is 0. The molecule has 0 aliphatic carbocycles. The van der Waals surface area contributed by atoms with E-state index in [1.54, 1.807) is 24.3 Å². The van der Waals surface area contributed by atoms with Gasteiger partial charge in [0.1, 0.15) is 12.1 Å². The lowest BCUT2D eigenvalue weighted by molar-refractivity contribution is 0.0897. The van der Waals surface area contributed by atoms with Crippen LogP contribution in [0.1, 0.15) is 29.8 Å². The fraction of sp³-hybridized carbons (Fsp3) is 0.286. The van der Waals surface area contributed by atoms with Crippen LogP contribution in [0.3, 0.4) is 0 Å². The third kappa shape index (κ3) is 2.76. The summed E-state index contributed by atoms with van der Waals surface area (Å²) < 4.78 is 0. The number of hydrogen-bond acceptors (Lipinski definition) is 5. The molecule has 6 heteroatoms. The maximum absolute atomic E-state index is 11.9. The van der Waals surface area contributed by atoms with Gasteiger partial charge in [0.25, 0.3) is 5.91 Å². The topological polar surface area (TPSA) is 101 Å². The normalized spacial score (nSPS) is 15.1. The number of hydrogen-bond donors (Lipinski definition) is 2. The van der Waals surface area contributed by atoms with Gasteiger partial charge in [0.15, 0.2) is 0 Å². The van der Waals surface area contributed by atoms with Gasteiger partial charge in [-0.2, -0.15) is 15.6 Å². The standard InChI is InChI=1S/C14H13N5O/c1-14(2)6-9-5-10(18-19-11(7-15)8-16)3-4-12(9)13(20)17-14/h3-5,18H,6H2,1-2H3,(H,17,20). The number of anilines is 1. The van der Waals surface area contributed by atoms with Crippen LogP contribution in [-0.4, -0.2) is 17.2 Å². The average Bonchev–Trinajstić information content (AvgIpc) is 2.38. The maximum Gasteiger partial charge on any atom is 0.251 e. The van der Waals surface area contributed by atoms with Gasteiger partial charge in [-0.3, -0.25) is 10.2 Å². The van der Waals surface area contributed by atoms with Crippen molar-refractivity contribution in [2.75, 3.05) is 5.43 Å². The quantitative estimate of drug-likeness (QED) is 0.627. The number of nitriles is 2. The lowest BCUT2D eigenvalue weighted by Crippen LogP contribution is -2.49. The molecule has 1 amide bonds. The number of benzene rings is 1. The van der Waals surface area contributed by atoms with E-state index < -0.39 is 0 Å². The van der Waals surface area contributed by atoms with Crippen LogP contribution in [0.5, 0.6) is 0 Å². The molecule has 0 atom stereocenters. The Bertz CT molecular complexity index is 660. The summed E-state index contributed by atoms with van der Waals surface area (Å²) in [5, 5.41) is 23.8. The third-order valence-electron chi connectivity index (χ3n) is 2.94. The Morgan fingerprint density at radius 3 is 2.75 bits per heavy atom. The highest BCUT2D eigenvalue weighted by atomic mass is 16.1. The van der Waals surface area contributed by atoms with Crippen LogP contribution in [0.25, 0.3) is 0 Å². The van der Waals surface area contributed by atoms with Crippen molar-refractivity contribution < 1.29 is 4.79 Å². The zero-order valence-electron chi connectivity index (χ0n) is 11.2. The molecule has 2 N–H and O–H groups in total. The second-order valence-corrected chi connectivity index (χ2v) is 5.18. The minimum Gasteiger partial charge on any atom is -0.347 e. The van der Waals surface area contributed by atoms with Gasteiger partial charge in [-0.15, -0.1) is 0 Å². The van der Waals surface area contributed by atoms with Crippen molar-refractivity contribution >= 4 is 17.3 Å². The number of amides is 1. The third-order valence-corrected chi connectivity index (χ3v) is 2.94. The number of nitrogens with zero attached hydrogens (tertiary/aromatic N) is 3. The molecule has 0 aromatic heterocycles. The van der Waals surface area contributed by atoms with Crippen LogP contribution in [0.2, 0.25) is 0 Å². The van der Waals surface area contributed by atoms with E-state index >= 15 is 0 Å². The Hall–Kier alpha value is -2.86. The highest BCUT2D eigenvalue weighted by molar-refractivity contribution is 6.10. The molecule has 1 aromatic carbocycles. The SMILES string of the molecule is CC1(C)Cc2cc(NN=C(C#N)C#N)ccc2C(=O)N1. The van der Waals surface area contributed by atoms with Crippen LogP contribution in [-0.2, 0) is 6.42 Å². The Balaban J connectivity index is 2.29. The molecule has 0 radical (unpaired) electrons. The van der Waals surface area contributed by atoms with Gasteiger partial charge < -0.3 is 5.32 Å². The highest BCUT2D eigenvalue weighted by Crippen LogP contribution is 2.25. The molecule has 1 heterocycles. The van der Waals surface area contributed by atoms with Gasteiger partial charge >= 0.3 is 0 Å². The van der Waals surface area contributed by atoms with Crippen LogP contribution < -0.4 is 10.7 Å². The fourth-order valence-corrected chi connectivity index (χ4v) is 2.12. The van der Waals surface area contributed by atoms with Crippen molar-refractivity contribution in [2.45, 2.75) is 25.8 Å². The van der Waals surface area contributed by atoms with Gasteiger partial charge in [0.05, 0.1) is 5.69 Å². The van der Waals surface area contributed by atoms with E-state index in [-0.39, 0.29) is 17.2 Å². The molecule has 1 aliphatic rings. The van der Waals surface area contributed by atoms with E-state index in [1.165, 1.54) is 0 Å². The molecule has 0 fully saturated rings. The first-order valence-electron chi connectivity index (χ1n) is 6.04. The summed E-state index contributed by atoms with van der Waals surface area (Å²) in [5.74, 6) is -0.0963. The van der Waals surface area contributed by atoms with Gasteiger partial charge in [0.2, 0.25) is 5.71 Å². The maximum atomic E-state index is 11.9. The Kier molecular flexibility index (Phi) is 3.41. The van der Waals surface area contributed by atoms with Crippen molar-refractivity contribution in [3.05, 3.63) is 29.3 Å². The van der Waals surface area contributed by atoms with E-state index in [9.17, 15) is 4.79 Å². The van der Waals surface area contributed by atoms with Crippen molar-refractivity contribution in [1.82, 2.24) is 5.32 Å². The van der Waals surface area contributed by atoms with Crippen molar-refractivity contribution in [1.29, 1.82) is 10.5 Å². The van der Waals surface area contributed by atoms with E-state index in [2.05, 4.69) is 15.8 Å². The Morgan fingerprint density at radius 1 is 1.40 bits per heavy atom. The molecule has 0 saturated heterocycles. The summed E-state index contributed by atoms with van der Waals surface area (Å²) in [6.07, 6.45) is 0.705. The molecule has 0 spiro atoms. The van der Waals surface area contributed by atoms with Crippen molar-refractivity contribution in [3.8, 4) is 12.1 Å². The lowest BCUT2D eigenvalue weighted by Gasteiger charge is -2.32. The molecule has 1 aliphatic heterocycles. The molecular weight excluding hydrogens is 254 g/mol. The number of rotatable bonds is 2. The summed E-state index contributed by atoms with van der Waals surface area (Å²) in [6, 6.07) is 8.54. The van der Waals surface area contributed by atoms with E-state index in [0.717, 1.165) is 5.56 Å². The molecule has 0 bridgehead atoms. The first kappa shape index (κ1) is 13.6. The van der Waals surface area contributed by atoms with E-state index in [1.807, 2.05) is 19.9 Å². The van der Waals surface area contributed by atoms with Crippen LogP contribution in [0, 0.1) is 22.7 Å². The molecular formula is C14H13N5O. The predicted octanol–water partition coefficient (Wildman–Crippen LogP) is 1.57. The minimum atomic E-state index is -0.295. The first-order valence-corrected chi connectivity index (χ1v) is 6.04. The van der Waals surface area contributed by atoms with Crippen LogP contribution in [0.15, 0.2) is 23.3 Å². The minimum absolute atomic E-state index is 0.0963. The van der Waals surface area contributed by atoms with Crippen LogP contribution >= 0.6 is 0 Å². The number of nitrogens with one attached hydrogen (secondary N) is 2. The van der Waals surface area contributed by atoms with Crippen molar-refractivity contribution in [3.63, 3.8) is 0 Å². The summed E-state index contributed by atoms with van der Waals surface area (Å²) >= 11 is 0. The van der Waals surface area contributed by atoms with Gasteiger partial charge in [-0.25, -0.2) is 0 Å². The van der Waals surface area contributed by atoms with Gasteiger partial charge in [0, 0.05) is 11.1 Å². The second kappa shape index (κ2) is 5.02. The monoisotopic (exact) mass is 267 g/mol. The molecule has 2 rings (SSSR count). The lowest BCUT2D eigenvalue weighted by atomic mass is 9.87. The second-order valence-electron chi connectivity index (χ2n) is 5.18. The molecule has 20 heavy (non-hydrogen) atoms. The zero-order valence-corrected chi connectivity index (χ0v) is 11.2. The number of carbonyl (C=O) groups is 1. The largest absolute Gasteiger partial charge is 0.347 e. The molecule has 0 saturated carbocycles. The first-order chi connectivity index (χ1) is 9.45. The number of fused-ring (bicyclic) bond motifs is 1. The number of hydrazone groups is 1. The zero-order chi connectivity index (χ0) is 14.8. The van der Waals surface area contributed by atoms with E-state index in [4.69, 9.17) is 10.5 Å². The Labute approximate surface area is 116 Å². The van der Waals surface area contributed by atoms with E-state index in [0.29, 0.717) is 17.7 Å². The summed E-state index contributed by atoms with van der Waals surface area (Å²) in [6.45, 7) is 3.91. The molecule has 1 aromatic rings. The van der Waals surface area contributed by atoms with Crippen LogP contribution in [0.4, 0.5) is 5.69 Å². The van der Waals surface area contributed by atoms with Gasteiger partial charge in [-0.05, 0) is 44.0 Å².